The molecular weight excluding hydrogens is 273 g/mol. The Hall–Kier alpha value is -1.53. The molecule has 1 aromatic rings. The molecule has 1 aliphatic carbocycles. The molecule has 1 fully saturated rings. The third-order valence-corrected chi connectivity index (χ3v) is 3.64. The van der Waals surface area contributed by atoms with E-state index in [4.69, 9.17) is 10.5 Å². The van der Waals surface area contributed by atoms with E-state index >= 15 is 0 Å². The van der Waals surface area contributed by atoms with Crippen molar-refractivity contribution >= 4 is 5.91 Å². The summed E-state index contributed by atoms with van der Waals surface area (Å²) in [5.74, 6) is -0.745. The highest BCUT2D eigenvalue weighted by Gasteiger charge is 2.18. The first-order chi connectivity index (χ1) is 10.1. The molecular formula is C15H22FN3O2. The number of amides is 1. The highest BCUT2D eigenvalue weighted by Crippen LogP contribution is 2.19. The van der Waals surface area contributed by atoms with E-state index in [0.717, 1.165) is 38.3 Å². The van der Waals surface area contributed by atoms with Crippen LogP contribution in [0, 0.1) is 5.82 Å². The smallest absolute Gasteiger partial charge is 0.269 e. The lowest BCUT2D eigenvalue weighted by Crippen LogP contribution is -2.31. The summed E-state index contributed by atoms with van der Waals surface area (Å²) in [4.78, 5) is 15.4. The highest BCUT2D eigenvalue weighted by atomic mass is 19.1. The molecule has 0 saturated heterocycles. The number of ether oxygens (including phenoxy) is 1. The van der Waals surface area contributed by atoms with E-state index in [1.54, 1.807) is 0 Å². The Morgan fingerprint density at radius 2 is 2.14 bits per heavy atom. The summed E-state index contributed by atoms with van der Waals surface area (Å²) < 4.78 is 18.4. The summed E-state index contributed by atoms with van der Waals surface area (Å²) in [5, 5.41) is 2.74. The van der Waals surface area contributed by atoms with Crippen LogP contribution >= 0.6 is 0 Å². The van der Waals surface area contributed by atoms with Crippen molar-refractivity contribution in [2.75, 3.05) is 13.2 Å². The van der Waals surface area contributed by atoms with Crippen LogP contribution in [0.25, 0.3) is 0 Å². The van der Waals surface area contributed by atoms with Gasteiger partial charge in [0.15, 0.2) is 0 Å². The molecule has 0 atom stereocenters. The van der Waals surface area contributed by atoms with Crippen LogP contribution in [0.15, 0.2) is 18.3 Å². The molecule has 21 heavy (non-hydrogen) atoms. The van der Waals surface area contributed by atoms with Gasteiger partial charge >= 0.3 is 0 Å². The van der Waals surface area contributed by atoms with Crippen LogP contribution in [0.5, 0.6) is 0 Å². The van der Waals surface area contributed by atoms with E-state index in [-0.39, 0.29) is 11.6 Å². The number of nitrogens with two attached hydrogens (primary N) is 1. The SMILES string of the molecule is NC1CCC(OCCCNC(=O)c2ccc(F)cn2)CC1. The maximum absolute atomic E-state index is 12.7. The number of hydrogen-bond donors (Lipinski definition) is 2. The van der Waals surface area contributed by atoms with Gasteiger partial charge in [-0.15, -0.1) is 0 Å². The fourth-order valence-electron chi connectivity index (χ4n) is 2.38. The Morgan fingerprint density at radius 1 is 1.38 bits per heavy atom. The number of nitrogens with one attached hydrogen (secondary N) is 1. The average molecular weight is 295 g/mol. The van der Waals surface area contributed by atoms with Gasteiger partial charge in [-0.2, -0.15) is 0 Å². The van der Waals surface area contributed by atoms with Crippen molar-refractivity contribution in [2.24, 2.45) is 5.73 Å². The number of rotatable bonds is 6. The van der Waals surface area contributed by atoms with E-state index < -0.39 is 5.82 Å². The summed E-state index contributed by atoms with van der Waals surface area (Å²) in [7, 11) is 0. The molecule has 116 valence electrons. The Bertz CT molecular complexity index is 445. The van der Waals surface area contributed by atoms with E-state index in [1.165, 1.54) is 12.1 Å². The largest absolute Gasteiger partial charge is 0.378 e. The first kappa shape index (κ1) is 15.9. The van der Waals surface area contributed by atoms with Gasteiger partial charge in [0.1, 0.15) is 11.5 Å². The van der Waals surface area contributed by atoms with Crippen molar-refractivity contribution in [2.45, 2.75) is 44.2 Å². The zero-order chi connectivity index (χ0) is 15.1. The average Bonchev–Trinajstić information content (AvgIpc) is 2.49. The normalized spacial score (nSPS) is 22.0. The van der Waals surface area contributed by atoms with Crippen molar-refractivity contribution in [3.05, 3.63) is 29.8 Å². The number of carbonyl (C=O) groups is 1. The molecule has 0 spiro atoms. The van der Waals surface area contributed by atoms with E-state index in [2.05, 4.69) is 10.3 Å². The van der Waals surface area contributed by atoms with E-state index in [9.17, 15) is 9.18 Å². The number of aromatic nitrogens is 1. The van der Waals surface area contributed by atoms with Crippen molar-refractivity contribution in [1.82, 2.24) is 10.3 Å². The lowest BCUT2D eigenvalue weighted by atomic mass is 9.94. The van der Waals surface area contributed by atoms with Crippen LogP contribution in [-0.2, 0) is 4.74 Å². The van der Waals surface area contributed by atoms with Gasteiger partial charge in [-0.1, -0.05) is 0 Å². The quantitative estimate of drug-likeness (QED) is 0.782. The monoisotopic (exact) mass is 295 g/mol. The highest BCUT2D eigenvalue weighted by molar-refractivity contribution is 5.92. The van der Waals surface area contributed by atoms with Crippen LogP contribution < -0.4 is 11.1 Å². The van der Waals surface area contributed by atoms with Gasteiger partial charge in [0, 0.05) is 19.2 Å². The predicted molar refractivity (Wildman–Crippen MR) is 77.3 cm³/mol. The van der Waals surface area contributed by atoms with Gasteiger partial charge < -0.3 is 15.8 Å². The number of halogens is 1. The third kappa shape index (κ3) is 5.40. The van der Waals surface area contributed by atoms with Gasteiger partial charge in [0.2, 0.25) is 0 Å². The molecule has 1 aromatic heterocycles. The molecule has 0 aromatic carbocycles. The van der Waals surface area contributed by atoms with Crippen LogP contribution in [0.2, 0.25) is 0 Å². The maximum atomic E-state index is 12.7. The Morgan fingerprint density at radius 3 is 2.81 bits per heavy atom. The van der Waals surface area contributed by atoms with Gasteiger partial charge in [0.05, 0.1) is 12.3 Å². The first-order valence-electron chi connectivity index (χ1n) is 7.42. The second-order valence-corrected chi connectivity index (χ2v) is 5.38. The first-order valence-corrected chi connectivity index (χ1v) is 7.42. The van der Waals surface area contributed by atoms with Crippen molar-refractivity contribution in [3.8, 4) is 0 Å². The molecule has 1 aliphatic rings. The van der Waals surface area contributed by atoms with Crippen molar-refractivity contribution in [3.63, 3.8) is 0 Å². The third-order valence-electron chi connectivity index (χ3n) is 3.64. The minimum Gasteiger partial charge on any atom is -0.378 e. The zero-order valence-electron chi connectivity index (χ0n) is 12.1. The molecule has 1 saturated carbocycles. The Labute approximate surface area is 124 Å². The number of pyridine rings is 1. The minimum absolute atomic E-state index is 0.221. The molecule has 3 N–H and O–H groups in total. The lowest BCUT2D eigenvalue weighted by Gasteiger charge is -2.26. The zero-order valence-corrected chi connectivity index (χ0v) is 12.1. The fraction of sp³-hybridized carbons (Fsp3) is 0.600. The number of nitrogens with zero attached hydrogens (tertiary/aromatic N) is 1. The van der Waals surface area contributed by atoms with Crippen LogP contribution in [0.4, 0.5) is 4.39 Å². The standard InChI is InChI=1S/C15H22FN3O2/c16-11-2-7-14(19-10-11)15(20)18-8-1-9-21-13-5-3-12(17)4-6-13/h2,7,10,12-13H,1,3-6,8-9,17H2,(H,18,20). The molecule has 6 heteroatoms. The lowest BCUT2D eigenvalue weighted by molar-refractivity contribution is 0.0241. The van der Waals surface area contributed by atoms with Crippen LogP contribution in [0.3, 0.4) is 0 Å². The van der Waals surface area contributed by atoms with Gasteiger partial charge in [-0.25, -0.2) is 9.37 Å². The Kier molecular flexibility index (Phi) is 6.07. The molecule has 0 bridgehead atoms. The molecule has 1 heterocycles. The second-order valence-electron chi connectivity index (χ2n) is 5.38. The molecule has 0 aliphatic heterocycles. The topological polar surface area (TPSA) is 77.2 Å². The molecule has 5 nitrogen and oxygen atoms in total. The predicted octanol–water partition coefficient (Wildman–Crippen LogP) is 1.63. The molecule has 1 amide bonds. The second kappa shape index (κ2) is 8.05. The summed E-state index contributed by atoms with van der Waals surface area (Å²) in [6.07, 6.45) is 6.18. The minimum atomic E-state index is -0.452. The summed E-state index contributed by atoms with van der Waals surface area (Å²) in [5.41, 5.74) is 6.06. The number of hydrogen-bond acceptors (Lipinski definition) is 4. The van der Waals surface area contributed by atoms with Crippen molar-refractivity contribution in [1.29, 1.82) is 0 Å². The molecule has 0 radical (unpaired) electrons. The molecule has 2 rings (SSSR count). The maximum Gasteiger partial charge on any atom is 0.269 e. The van der Waals surface area contributed by atoms with E-state index in [1.807, 2.05) is 0 Å². The Balaban J connectivity index is 1.57. The van der Waals surface area contributed by atoms with Crippen LogP contribution in [0.1, 0.15) is 42.6 Å². The fourth-order valence-corrected chi connectivity index (χ4v) is 2.38. The van der Waals surface area contributed by atoms with Crippen molar-refractivity contribution < 1.29 is 13.9 Å². The summed E-state index contributed by atoms with van der Waals surface area (Å²) in [6.45, 7) is 1.14. The molecule has 0 unspecified atom stereocenters. The summed E-state index contributed by atoms with van der Waals surface area (Å²) >= 11 is 0. The van der Waals surface area contributed by atoms with Gasteiger partial charge in [0.25, 0.3) is 5.91 Å². The van der Waals surface area contributed by atoms with Gasteiger partial charge in [-0.05, 0) is 44.2 Å². The van der Waals surface area contributed by atoms with Crippen LogP contribution in [-0.4, -0.2) is 36.2 Å². The van der Waals surface area contributed by atoms with E-state index in [0.29, 0.717) is 25.3 Å². The summed E-state index contributed by atoms with van der Waals surface area (Å²) in [6, 6.07) is 2.91. The van der Waals surface area contributed by atoms with Gasteiger partial charge in [-0.3, -0.25) is 4.79 Å². The number of carbonyl (C=O) groups excluding carboxylic acids is 1.